The van der Waals surface area contributed by atoms with Crippen molar-refractivity contribution in [2.45, 2.75) is 71.9 Å². The maximum atomic E-state index is 12.6. The van der Waals surface area contributed by atoms with E-state index < -0.39 is 0 Å². The van der Waals surface area contributed by atoms with Crippen LogP contribution in [0.5, 0.6) is 0 Å². The topological polar surface area (TPSA) is 82.8 Å². The first-order chi connectivity index (χ1) is 15.6. The van der Waals surface area contributed by atoms with Gasteiger partial charge in [0, 0.05) is 44.6 Å². The quantitative estimate of drug-likeness (QED) is 0.332. The van der Waals surface area contributed by atoms with E-state index in [-0.39, 0.29) is 5.91 Å². The van der Waals surface area contributed by atoms with Gasteiger partial charge in [0.2, 0.25) is 5.91 Å². The molecule has 1 aromatic heterocycles. The van der Waals surface area contributed by atoms with Crippen LogP contribution < -0.4 is 10.6 Å². The van der Waals surface area contributed by atoms with Gasteiger partial charge >= 0.3 is 0 Å². The summed E-state index contributed by atoms with van der Waals surface area (Å²) < 4.78 is 5.46. The molecule has 174 valence electrons. The summed E-state index contributed by atoms with van der Waals surface area (Å²) in [4.78, 5) is 19.2. The van der Waals surface area contributed by atoms with Crippen LogP contribution >= 0.6 is 0 Å². The molecule has 0 saturated heterocycles. The van der Waals surface area contributed by atoms with Crippen LogP contribution in [0.1, 0.15) is 75.0 Å². The van der Waals surface area contributed by atoms with Gasteiger partial charge in [-0.05, 0) is 43.7 Å². The molecule has 1 aliphatic rings. The van der Waals surface area contributed by atoms with E-state index in [1.807, 2.05) is 24.0 Å². The number of guanidine groups is 1. The van der Waals surface area contributed by atoms with Crippen molar-refractivity contribution in [3.63, 3.8) is 0 Å². The normalized spacial score (nSPS) is 13.9. The van der Waals surface area contributed by atoms with Crippen LogP contribution in [0.4, 0.5) is 0 Å². The fourth-order valence-corrected chi connectivity index (χ4v) is 4.11. The minimum atomic E-state index is 0.221. The molecule has 0 fully saturated rings. The predicted octanol–water partition coefficient (Wildman–Crippen LogP) is 4.00. The highest BCUT2D eigenvalue weighted by atomic mass is 16.5. The van der Waals surface area contributed by atoms with Gasteiger partial charge in [-0.25, -0.2) is 4.99 Å². The van der Waals surface area contributed by atoms with Crippen LogP contribution in [-0.4, -0.2) is 41.6 Å². The first-order valence-corrected chi connectivity index (χ1v) is 12.0. The molecule has 0 atom stereocenters. The van der Waals surface area contributed by atoms with Crippen LogP contribution in [0.15, 0.2) is 39.8 Å². The van der Waals surface area contributed by atoms with Gasteiger partial charge in [-0.2, -0.15) is 0 Å². The number of carbonyl (C=O) groups is 1. The number of nitrogens with one attached hydrogen (secondary N) is 2. The highest BCUT2D eigenvalue weighted by molar-refractivity contribution is 5.80. The Balaban J connectivity index is 1.43. The molecule has 7 nitrogen and oxygen atoms in total. The number of aliphatic imine (C=N–C) groups is 1. The van der Waals surface area contributed by atoms with Gasteiger partial charge in [0.05, 0.1) is 5.69 Å². The van der Waals surface area contributed by atoms with Crippen molar-refractivity contribution in [1.29, 1.82) is 0 Å². The minimum absolute atomic E-state index is 0.221. The Bertz CT molecular complexity index is 888. The molecule has 1 aliphatic heterocycles. The summed E-state index contributed by atoms with van der Waals surface area (Å²) in [5.74, 6) is 2.16. The first-order valence-electron chi connectivity index (χ1n) is 12.0. The van der Waals surface area contributed by atoms with E-state index >= 15 is 0 Å². The number of nitrogens with zero attached hydrogens (tertiary/aromatic N) is 3. The average molecular weight is 440 g/mol. The van der Waals surface area contributed by atoms with Gasteiger partial charge in [-0.3, -0.25) is 4.79 Å². The standard InChI is InChI=1S/C25H37N5O2/c1-4-19(5-2)23-16-22(32-29-23)17-28-25(26-6-3)27-14-9-12-24(31)30-15-13-20-10-7-8-11-21(20)18-30/h7-8,10-11,16,19H,4-6,9,12-15,17-18H2,1-3H3,(H2,26,27,28). The summed E-state index contributed by atoms with van der Waals surface area (Å²) in [5, 5.41) is 10.8. The number of fused-ring (bicyclic) bond motifs is 1. The Morgan fingerprint density at radius 3 is 2.72 bits per heavy atom. The van der Waals surface area contributed by atoms with Crippen molar-refractivity contribution >= 4 is 11.9 Å². The number of hydrogen-bond acceptors (Lipinski definition) is 4. The lowest BCUT2D eigenvalue weighted by Gasteiger charge is -2.29. The van der Waals surface area contributed by atoms with Gasteiger partial charge in [-0.15, -0.1) is 0 Å². The molecule has 7 heteroatoms. The van der Waals surface area contributed by atoms with Gasteiger partial charge in [0.25, 0.3) is 0 Å². The molecular weight excluding hydrogens is 402 g/mol. The number of carbonyl (C=O) groups excluding carboxylic acids is 1. The fourth-order valence-electron chi connectivity index (χ4n) is 4.11. The molecular formula is C25H37N5O2. The van der Waals surface area contributed by atoms with E-state index in [0.29, 0.717) is 25.4 Å². The fraction of sp³-hybridized carbons (Fsp3) is 0.560. The highest BCUT2D eigenvalue weighted by Crippen LogP contribution is 2.22. The third kappa shape index (κ3) is 6.58. The van der Waals surface area contributed by atoms with Crippen LogP contribution in [-0.2, 0) is 24.3 Å². The molecule has 2 heterocycles. The van der Waals surface area contributed by atoms with E-state index in [9.17, 15) is 4.79 Å². The zero-order valence-electron chi connectivity index (χ0n) is 19.7. The number of benzene rings is 1. The van der Waals surface area contributed by atoms with Gasteiger partial charge < -0.3 is 20.1 Å². The maximum Gasteiger partial charge on any atom is 0.222 e. The summed E-state index contributed by atoms with van der Waals surface area (Å²) in [7, 11) is 0. The molecule has 2 aromatic rings. The van der Waals surface area contributed by atoms with Crippen molar-refractivity contribution in [2.24, 2.45) is 4.99 Å². The SMILES string of the molecule is CCNC(=NCc1cc(C(CC)CC)no1)NCCCC(=O)N1CCc2ccccc2C1. The van der Waals surface area contributed by atoms with Crippen LogP contribution in [0.2, 0.25) is 0 Å². The average Bonchev–Trinajstić information content (AvgIpc) is 3.29. The van der Waals surface area contributed by atoms with Crippen molar-refractivity contribution in [3.05, 3.63) is 52.9 Å². The monoisotopic (exact) mass is 439 g/mol. The van der Waals surface area contributed by atoms with Crippen molar-refractivity contribution in [2.75, 3.05) is 19.6 Å². The lowest BCUT2D eigenvalue weighted by atomic mass is 9.99. The molecule has 0 saturated carbocycles. The molecule has 1 amide bonds. The van der Waals surface area contributed by atoms with E-state index in [2.05, 4.69) is 52.8 Å². The number of hydrogen-bond donors (Lipinski definition) is 2. The smallest absolute Gasteiger partial charge is 0.222 e. The van der Waals surface area contributed by atoms with Crippen molar-refractivity contribution < 1.29 is 9.32 Å². The molecule has 2 N–H and O–H groups in total. The Morgan fingerprint density at radius 1 is 1.19 bits per heavy atom. The van der Waals surface area contributed by atoms with Gasteiger partial charge in [-0.1, -0.05) is 43.3 Å². The predicted molar refractivity (Wildman–Crippen MR) is 127 cm³/mol. The van der Waals surface area contributed by atoms with Crippen molar-refractivity contribution in [3.8, 4) is 0 Å². The largest absolute Gasteiger partial charge is 0.359 e. The third-order valence-electron chi connectivity index (χ3n) is 6.06. The number of aromatic nitrogens is 1. The summed E-state index contributed by atoms with van der Waals surface area (Å²) >= 11 is 0. The van der Waals surface area contributed by atoms with Gasteiger partial charge in [0.15, 0.2) is 11.7 Å². The van der Waals surface area contributed by atoms with E-state index in [0.717, 1.165) is 62.7 Å². The molecule has 32 heavy (non-hydrogen) atoms. The maximum absolute atomic E-state index is 12.6. The molecule has 3 rings (SSSR count). The van der Waals surface area contributed by atoms with E-state index in [4.69, 9.17) is 4.52 Å². The zero-order chi connectivity index (χ0) is 22.8. The molecule has 0 radical (unpaired) electrons. The van der Waals surface area contributed by atoms with Gasteiger partial charge in [0.1, 0.15) is 6.54 Å². The Labute approximate surface area is 191 Å². The lowest BCUT2D eigenvalue weighted by molar-refractivity contribution is -0.132. The summed E-state index contributed by atoms with van der Waals surface area (Å²) in [6.45, 7) is 9.81. The summed E-state index contributed by atoms with van der Waals surface area (Å²) in [5.41, 5.74) is 3.65. The van der Waals surface area contributed by atoms with E-state index in [1.165, 1.54) is 11.1 Å². The zero-order valence-corrected chi connectivity index (χ0v) is 19.7. The Hall–Kier alpha value is -2.83. The second kappa shape index (κ2) is 12.3. The van der Waals surface area contributed by atoms with E-state index in [1.54, 1.807) is 0 Å². The lowest BCUT2D eigenvalue weighted by Crippen LogP contribution is -2.39. The van der Waals surface area contributed by atoms with Crippen LogP contribution in [0.3, 0.4) is 0 Å². The molecule has 0 spiro atoms. The molecule has 1 aromatic carbocycles. The highest BCUT2D eigenvalue weighted by Gasteiger charge is 2.19. The molecule has 0 bridgehead atoms. The molecule has 0 aliphatic carbocycles. The van der Waals surface area contributed by atoms with Crippen molar-refractivity contribution in [1.82, 2.24) is 20.7 Å². The summed E-state index contributed by atoms with van der Waals surface area (Å²) in [6, 6.07) is 10.4. The van der Waals surface area contributed by atoms with Crippen LogP contribution in [0.25, 0.3) is 0 Å². The van der Waals surface area contributed by atoms with Crippen LogP contribution in [0, 0.1) is 0 Å². The second-order valence-electron chi connectivity index (χ2n) is 8.29. The Morgan fingerprint density at radius 2 is 1.97 bits per heavy atom. The Kier molecular flexibility index (Phi) is 9.13. The third-order valence-corrected chi connectivity index (χ3v) is 6.06. The molecule has 0 unspecified atom stereocenters. The number of rotatable bonds is 10. The summed E-state index contributed by atoms with van der Waals surface area (Å²) in [6.07, 6.45) is 4.35. The number of amides is 1. The first kappa shape index (κ1) is 23.8. The minimum Gasteiger partial charge on any atom is -0.359 e. The second-order valence-corrected chi connectivity index (χ2v) is 8.29.